The maximum absolute atomic E-state index is 4.87. The van der Waals surface area contributed by atoms with E-state index in [1.54, 1.807) is 0 Å². The molecule has 0 aromatic heterocycles. The van der Waals surface area contributed by atoms with Gasteiger partial charge in [-0.1, -0.05) is 49.8 Å². The van der Waals surface area contributed by atoms with Crippen LogP contribution in [0.1, 0.15) is 40.0 Å². The Morgan fingerprint density at radius 1 is 1.05 bits per heavy atom. The van der Waals surface area contributed by atoms with E-state index in [4.69, 9.17) is 4.99 Å². The number of aliphatic imine (C=N–C) groups is 1. The quantitative estimate of drug-likeness (QED) is 0.416. The van der Waals surface area contributed by atoms with Crippen molar-refractivity contribution < 1.29 is 0 Å². The van der Waals surface area contributed by atoms with Gasteiger partial charge in [0.2, 0.25) is 0 Å². The van der Waals surface area contributed by atoms with Gasteiger partial charge in [0.15, 0.2) is 5.17 Å². The van der Waals surface area contributed by atoms with Gasteiger partial charge in [0, 0.05) is 17.8 Å². The molecule has 2 nitrogen and oxygen atoms in total. The summed E-state index contributed by atoms with van der Waals surface area (Å²) in [6, 6.07) is 10.3. The van der Waals surface area contributed by atoms with Gasteiger partial charge in [-0.2, -0.15) is 0 Å². The SMILES string of the molecule is CC(C)(C)SSC(=Nc1ccccc1)N1CCCCC1. The van der Waals surface area contributed by atoms with Gasteiger partial charge >= 0.3 is 0 Å². The second-order valence-electron chi connectivity index (χ2n) is 6.06. The van der Waals surface area contributed by atoms with E-state index in [2.05, 4.69) is 37.8 Å². The standard InChI is InChI=1S/C16H24N2S2/c1-16(2,3)20-19-15(18-12-8-5-9-13-18)17-14-10-6-4-7-11-14/h4,6-7,10-11H,5,8-9,12-13H2,1-3H3. The molecule has 0 atom stereocenters. The smallest absolute Gasteiger partial charge is 0.175 e. The van der Waals surface area contributed by atoms with Crippen molar-refractivity contribution in [2.75, 3.05) is 13.1 Å². The number of hydrogen-bond donors (Lipinski definition) is 0. The summed E-state index contributed by atoms with van der Waals surface area (Å²) in [5.74, 6) is 0. The minimum absolute atomic E-state index is 0.248. The van der Waals surface area contributed by atoms with Crippen molar-refractivity contribution in [3.8, 4) is 0 Å². The largest absolute Gasteiger partial charge is 0.350 e. The highest BCUT2D eigenvalue weighted by Gasteiger charge is 2.19. The van der Waals surface area contributed by atoms with E-state index >= 15 is 0 Å². The average molecular weight is 309 g/mol. The lowest BCUT2D eigenvalue weighted by Crippen LogP contribution is -2.33. The number of para-hydroxylation sites is 1. The number of amidine groups is 1. The number of likely N-dealkylation sites (tertiary alicyclic amines) is 1. The number of nitrogens with zero attached hydrogens (tertiary/aromatic N) is 2. The van der Waals surface area contributed by atoms with E-state index in [0.717, 1.165) is 23.9 Å². The third-order valence-electron chi connectivity index (χ3n) is 2.97. The van der Waals surface area contributed by atoms with E-state index in [1.165, 1.54) is 19.3 Å². The van der Waals surface area contributed by atoms with Crippen LogP contribution < -0.4 is 0 Å². The molecule has 1 saturated heterocycles. The summed E-state index contributed by atoms with van der Waals surface area (Å²) >= 11 is 0. The number of piperidine rings is 1. The molecule has 0 bridgehead atoms. The van der Waals surface area contributed by atoms with Crippen LogP contribution in [0.3, 0.4) is 0 Å². The molecule has 1 aliphatic rings. The van der Waals surface area contributed by atoms with Crippen LogP contribution in [0.2, 0.25) is 0 Å². The first-order chi connectivity index (χ1) is 9.54. The predicted molar refractivity (Wildman–Crippen MR) is 93.9 cm³/mol. The van der Waals surface area contributed by atoms with Crippen LogP contribution in [0.25, 0.3) is 0 Å². The monoisotopic (exact) mass is 308 g/mol. The van der Waals surface area contributed by atoms with Crippen LogP contribution in [-0.4, -0.2) is 27.9 Å². The highest BCUT2D eigenvalue weighted by Crippen LogP contribution is 2.38. The van der Waals surface area contributed by atoms with Gasteiger partial charge in [-0.25, -0.2) is 4.99 Å². The first kappa shape index (κ1) is 15.8. The van der Waals surface area contributed by atoms with Crippen LogP contribution in [0, 0.1) is 0 Å². The summed E-state index contributed by atoms with van der Waals surface area (Å²) in [6.07, 6.45) is 3.93. The molecular weight excluding hydrogens is 284 g/mol. The van der Waals surface area contributed by atoms with Crippen LogP contribution in [0.15, 0.2) is 35.3 Å². The van der Waals surface area contributed by atoms with Gasteiger partial charge in [0.05, 0.1) is 5.69 Å². The maximum Gasteiger partial charge on any atom is 0.175 e. The Balaban J connectivity index is 2.12. The number of hydrogen-bond acceptors (Lipinski definition) is 3. The fourth-order valence-corrected chi connectivity index (χ4v) is 4.16. The second-order valence-corrected chi connectivity index (χ2v) is 8.98. The molecule has 0 radical (unpaired) electrons. The van der Waals surface area contributed by atoms with Crippen LogP contribution >= 0.6 is 21.6 Å². The molecule has 1 aromatic rings. The molecule has 0 amide bonds. The third-order valence-corrected chi connectivity index (χ3v) is 6.25. The molecule has 0 aliphatic carbocycles. The Labute approximate surface area is 130 Å². The molecule has 1 aromatic carbocycles. The van der Waals surface area contributed by atoms with Gasteiger partial charge in [0.25, 0.3) is 0 Å². The second kappa shape index (κ2) is 7.41. The Morgan fingerprint density at radius 3 is 2.30 bits per heavy atom. The van der Waals surface area contributed by atoms with Crippen molar-refractivity contribution in [2.45, 2.75) is 44.8 Å². The van der Waals surface area contributed by atoms with Gasteiger partial charge in [-0.3, -0.25) is 0 Å². The van der Waals surface area contributed by atoms with Crippen molar-refractivity contribution in [2.24, 2.45) is 4.99 Å². The number of benzene rings is 1. The molecule has 110 valence electrons. The van der Waals surface area contributed by atoms with E-state index in [1.807, 2.05) is 39.8 Å². The summed E-state index contributed by atoms with van der Waals surface area (Å²) in [7, 11) is 3.72. The molecule has 4 heteroatoms. The summed E-state index contributed by atoms with van der Waals surface area (Å²) in [4.78, 5) is 7.31. The normalized spacial score (nSPS) is 17.4. The highest BCUT2D eigenvalue weighted by atomic mass is 33.1. The van der Waals surface area contributed by atoms with Gasteiger partial charge < -0.3 is 4.90 Å². The fraction of sp³-hybridized carbons (Fsp3) is 0.562. The zero-order valence-electron chi connectivity index (χ0n) is 12.6. The van der Waals surface area contributed by atoms with E-state index in [9.17, 15) is 0 Å². The molecule has 1 fully saturated rings. The first-order valence-electron chi connectivity index (χ1n) is 7.29. The van der Waals surface area contributed by atoms with Gasteiger partial charge in [-0.15, -0.1) is 0 Å². The van der Waals surface area contributed by atoms with Crippen LogP contribution in [0.5, 0.6) is 0 Å². The first-order valence-corrected chi connectivity index (χ1v) is 9.44. The molecule has 2 rings (SSSR count). The molecule has 0 N–H and O–H groups in total. The Morgan fingerprint density at radius 2 is 1.70 bits per heavy atom. The maximum atomic E-state index is 4.87. The van der Waals surface area contributed by atoms with Gasteiger partial charge in [-0.05, 0) is 42.2 Å². The lowest BCUT2D eigenvalue weighted by atomic mass is 10.1. The summed E-state index contributed by atoms with van der Waals surface area (Å²) < 4.78 is 0.248. The molecule has 0 unspecified atom stereocenters. The van der Waals surface area contributed by atoms with Crippen molar-refractivity contribution in [1.29, 1.82) is 0 Å². The lowest BCUT2D eigenvalue weighted by Gasteiger charge is -2.30. The van der Waals surface area contributed by atoms with E-state index in [0.29, 0.717) is 0 Å². The van der Waals surface area contributed by atoms with Crippen molar-refractivity contribution >= 4 is 32.4 Å². The van der Waals surface area contributed by atoms with E-state index < -0.39 is 0 Å². The van der Waals surface area contributed by atoms with Crippen molar-refractivity contribution in [1.82, 2.24) is 4.90 Å². The minimum Gasteiger partial charge on any atom is -0.350 e. The van der Waals surface area contributed by atoms with Crippen molar-refractivity contribution in [3.63, 3.8) is 0 Å². The van der Waals surface area contributed by atoms with E-state index in [-0.39, 0.29) is 4.75 Å². The molecule has 0 saturated carbocycles. The topological polar surface area (TPSA) is 15.6 Å². The Kier molecular flexibility index (Phi) is 5.85. The summed E-state index contributed by atoms with van der Waals surface area (Å²) in [6.45, 7) is 9.04. The van der Waals surface area contributed by atoms with Crippen LogP contribution in [-0.2, 0) is 0 Å². The molecular formula is C16H24N2S2. The highest BCUT2D eigenvalue weighted by molar-refractivity contribution is 8.82. The molecule has 20 heavy (non-hydrogen) atoms. The summed E-state index contributed by atoms with van der Waals surface area (Å²) in [5.41, 5.74) is 1.05. The number of rotatable bonds is 2. The van der Waals surface area contributed by atoms with Gasteiger partial charge in [0.1, 0.15) is 0 Å². The third kappa shape index (κ3) is 5.41. The molecule has 0 spiro atoms. The zero-order chi connectivity index (χ0) is 14.4. The Bertz CT molecular complexity index is 432. The average Bonchev–Trinajstić information content (AvgIpc) is 2.44. The van der Waals surface area contributed by atoms with Crippen LogP contribution in [0.4, 0.5) is 5.69 Å². The fourth-order valence-electron chi connectivity index (χ4n) is 2.00. The lowest BCUT2D eigenvalue weighted by molar-refractivity contribution is 0.348. The minimum atomic E-state index is 0.248. The zero-order valence-corrected chi connectivity index (χ0v) is 14.3. The van der Waals surface area contributed by atoms with Crippen molar-refractivity contribution in [3.05, 3.63) is 30.3 Å². The Hall–Kier alpha value is -0.610. The predicted octanol–water partition coefficient (Wildman–Crippen LogP) is 5.34. The molecule has 1 aliphatic heterocycles. The molecule has 1 heterocycles. The summed E-state index contributed by atoms with van der Waals surface area (Å²) in [5, 5.41) is 1.16.